The molecule has 0 fully saturated rings. The van der Waals surface area contributed by atoms with Gasteiger partial charge in [-0.2, -0.15) is 0 Å². The summed E-state index contributed by atoms with van der Waals surface area (Å²) in [5.74, 6) is 0.375. The molecule has 2 amide bonds. The Morgan fingerprint density at radius 2 is 1.75 bits per heavy atom. The van der Waals surface area contributed by atoms with Crippen molar-refractivity contribution in [3.05, 3.63) is 90.8 Å². The molecule has 4 aromatic rings. The van der Waals surface area contributed by atoms with E-state index in [2.05, 4.69) is 25.6 Å². The summed E-state index contributed by atoms with van der Waals surface area (Å²) in [6.45, 7) is 2.02. The smallest absolute Gasteiger partial charge is 0.308 e. The highest BCUT2D eigenvalue weighted by Crippen LogP contribution is 2.34. The Kier molecular flexibility index (Phi) is 6.72. The third-order valence-corrected chi connectivity index (χ3v) is 5.50. The number of aryl methyl sites for hydroxylation is 1. The molecule has 0 bridgehead atoms. The predicted molar refractivity (Wildman–Crippen MR) is 124 cm³/mol. The first-order valence-electron chi connectivity index (χ1n) is 9.99. The Balaban J connectivity index is 1.45. The lowest BCUT2D eigenvalue weighted by Gasteiger charge is -2.10. The molecule has 4 rings (SSSR count). The van der Waals surface area contributed by atoms with E-state index < -0.39 is 11.8 Å². The summed E-state index contributed by atoms with van der Waals surface area (Å²) < 4.78 is 13.3. The lowest BCUT2D eigenvalue weighted by atomic mass is 10.2. The van der Waals surface area contributed by atoms with Gasteiger partial charge in [0.1, 0.15) is 16.7 Å². The van der Waals surface area contributed by atoms with Gasteiger partial charge in [0.2, 0.25) is 0 Å². The van der Waals surface area contributed by atoms with Gasteiger partial charge in [0.25, 0.3) is 0 Å². The van der Waals surface area contributed by atoms with Gasteiger partial charge in [-0.3, -0.25) is 0 Å². The number of anilines is 2. The maximum absolute atomic E-state index is 13.3. The number of hydrogen-bond donors (Lipinski definition) is 2. The Morgan fingerprint density at radius 3 is 2.53 bits per heavy atom. The molecule has 0 aliphatic heterocycles. The standard InChI is InChI=1S/C24H20FN5OS/c1-2-22-26-14-12-21(30-22)20-7-4-13-27-23(20)32-19-10-8-17(9-11-19)28-24(31)29-18-6-3-5-16(25)15-18/h3-15H,2H2,1H3,(H2,28,29,31). The Bertz CT molecular complexity index is 1230. The van der Waals surface area contributed by atoms with E-state index in [0.29, 0.717) is 11.4 Å². The van der Waals surface area contributed by atoms with E-state index in [1.807, 2.05) is 37.3 Å². The minimum Gasteiger partial charge on any atom is -0.308 e. The molecule has 0 aliphatic rings. The van der Waals surface area contributed by atoms with Gasteiger partial charge in [0.05, 0.1) is 5.69 Å². The first kappa shape index (κ1) is 21.5. The number of urea groups is 1. The van der Waals surface area contributed by atoms with Gasteiger partial charge >= 0.3 is 6.03 Å². The average Bonchev–Trinajstić information content (AvgIpc) is 2.81. The number of benzene rings is 2. The van der Waals surface area contributed by atoms with E-state index in [4.69, 9.17) is 0 Å². The van der Waals surface area contributed by atoms with E-state index in [1.165, 1.54) is 30.0 Å². The minimum absolute atomic E-state index is 0.383. The van der Waals surface area contributed by atoms with Crippen molar-refractivity contribution in [2.24, 2.45) is 0 Å². The Hall–Kier alpha value is -3.78. The number of carbonyl (C=O) groups is 1. The van der Waals surface area contributed by atoms with Crippen LogP contribution in [0.3, 0.4) is 0 Å². The van der Waals surface area contributed by atoms with Crippen LogP contribution < -0.4 is 10.6 Å². The van der Waals surface area contributed by atoms with E-state index in [9.17, 15) is 9.18 Å². The number of carbonyl (C=O) groups excluding carboxylic acids is 1. The van der Waals surface area contributed by atoms with Gasteiger partial charge < -0.3 is 10.6 Å². The molecular weight excluding hydrogens is 425 g/mol. The molecule has 160 valence electrons. The van der Waals surface area contributed by atoms with E-state index >= 15 is 0 Å². The van der Waals surface area contributed by atoms with Crippen molar-refractivity contribution in [3.8, 4) is 11.3 Å². The van der Waals surface area contributed by atoms with Crippen molar-refractivity contribution in [1.82, 2.24) is 15.0 Å². The summed E-state index contributed by atoms with van der Waals surface area (Å²) >= 11 is 1.51. The average molecular weight is 446 g/mol. The third-order valence-electron chi connectivity index (χ3n) is 4.48. The quantitative estimate of drug-likeness (QED) is 0.378. The van der Waals surface area contributed by atoms with Gasteiger partial charge in [-0.15, -0.1) is 0 Å². The zero-order valence-electron chi connectivity index (χ0n) is 17.2. The van der Waals surface area contributed by atoms with Gasteiger partial charge in [0, 0.05) is 40.6 Å². The second-order valence-corrected chi connectivity index (χ2v) is 7.85. The highest BCUT2D eigenvalue weighted by atomic mass is 32.2. The van der Waals surface area contributed by atoms with Crippen molar-refractivity contribution in [2.75, 3.05) is 10.6 Å². The van der Waals surface area contributed by atoms with Crippen LogP contribution in [0.5, 0.6) is 0 Å². The first-order valence-corrected chi connectivity index (χ1v) is 10.8. The molecule has 2 aromatic carbocycles. The van der Waals surface area contributed by atoms with Crippen molar-refractivity contribution in [3.63, 3.8) is 0 Å². The number of hydrogen-bond acceptors (Lipinski definition) is 5. The summed E-state index contributed by atoms with van der Waals surface area (Å²) in [5, 5.41) is 6.17. The molecule has 8 heteroatoms. The summed E-state index contributed by atoms with van der Waals surface area (Å²) in [4.78, 5) is 26.5. The van der Waals surface area contributed by atoms with Crippen LogP contribution in [0, 0.1) is 5.82 Å². The summed E-state index contributed by atoms with van der Waals surface area (Å²) in [6, 6.07) is 18.4. The van der Waals surface area contributed by atoms with Crippen molar-refractivity contribution < 1.29 is 9.18 Å². The minimum atomic E-state index is -0.446. The van der Waals surface area contributed by atoms with Crippen LogP contribution in [-0.4, -0.2) is 21.0 Å². The molecule has 0 spiro atoms. The molecule has 0 unspecified atom stereocenters. The van der Waals surface area contributed by atoms with E-state index in [-0.39, 0.29) is 0 Å². The molecule has 0 radical (unpaired) electrons. The highest BCUT2D eigenvalue weighted by Gasteiger charge is 2.11. The second kappa shape index (κ2) is 10.0. The number of pyridine rings is 1. The molecule has 0 atom stereocenters. The Morgan fingerprint density at radius 1 is 0.938 bits per heavy atom. The molecule has 2 heterocycles. The van der Waals surface area contributed by atoms with Gasteiger partial charge in [-0.1, -0.05) is 24.8 Å². The van der Waals surface area contributed by atoms with Crippen LogP contribution in [0.4, 0.5) is 20.6 Å². The van der Waals surface area contributed by atoms with Crippen LogP contribution in [-0.2, 0) is 6.42 Å². The number of aromatic nitrogens is 3. The number of rotatable bonds is 6. The molecular formula is C24H20FN5OS. The SMILES string of the molecule is CCc1nccc(-c2cccnc2Sc2ccc(NC(=O)Nc3cccc(F)c3)cc2)n1. The zero-order chi connectivity index (χ0) is 22.3. The van der Waals surface area contributed by atoms with Crippen LogP contribution >= 0.6 is 11.8 Å². The molecule has 6 nitrogen and oxygen atoms in total. The summed E-state index contributed by atoms with van der Waals surface area (Å²) in [6.07, 6.45) is 4.27. The van der Waals surface area contributed by atoms with Crippen LogP contribution in [0.1, 0.15) is 12.7 Å². The maximum Gasteiger partial charge on any atom is 0.323 e. The second-order valence-electron chi connectivity index (χ2n) is 6.78. The fraction of sp³-hybridized carbons (Fsp3) is 0.0833. The number of nitrogens with zero attached hydrogens (tertiary/aromatic N) is 3. The monoisotopic (exact) mass is 445 g/mol. The van der Waals surface area contributed by atoms with Gasteiger partial charge in [0.15, 0.2) is 0 Å². The highest BCUT2D eigenvalue weighted by molar-refractivity contribution is 7.99. The lowest BCUT2D eigenvalue weighted by molar-refractivity contribution is 0.262. The predicted octanol–water partition coefficient (Wildman–Crippen LogP) is 6.04. The zero-order valence-corrected chi connectivity index (χ0v) is 18.1. The molecule has 0 aliphatic carbocycles. The largest absolute Gasteiger partial charge is 0.323 e. The molecule has 0 saturated carbocycles. The topological polar surface area (TPSA) is 79.8 Å². The third kappa shape index (κ3) is 5.47. The first-order chi connectivity index (χ1) is 15.6. The molecule has 2 N–H and O–H groups in total. The molecule has 0 saturated heterocycles. The Labute approximate surface area is 189 Å². The number of amides is 2. The van der Waals surface area contributed by atoms with Crippen LogP contribution in [0.15, 0.2) is 89.0 Å². The molecule has 2 aromatic heterocycles. The summed E-state index contributed by atoms with van der Waals surface area (Å²) in [7, 11) is 0. The number of nitrogens with one attached hydrogen (secondary N) is 2. The van der Waals surface area contributed by atoms with Gasteiger partial charge in [-0.05, 0) is 60.7 Å². The maximum atomic E-state index is 13.3. The normalized spacial score (nSPS) is 10.6. The van der Waals surface area contributed by atoms with Crippen molar-refractivity contribution >= 4 is 29.2 Å². The molecule has 32 heavy (non-hydrogen) atoms. The fourth-order valence-electron chi connectivity index (χ4n) is 2.96. The lowest BCUT2D eigenvalue weighted by Crippen LogP contribution is -2.19. The van der Waals surface area contributed by atoms with Crippen molar-refractivity contribution in [2.45, 2.75) is 23.3 Å². The number of halogens is 1. The van der Waals surface area contributed by atoms with Gasteiger partial charge in [-0.25, -0.2) is 24.1 Å². The van der Waals surface area contributed by atoms with E-state index in [0.717, 1.165) is 33.4 Å². The van der Waals surface area contributed by atoms with Crippen LogP contribution in [0.2, 0.25) is 0 Å². The van der Waals surface area contributed by atoms with Crippen molar-refractivity contribution in [1.29, 1.82) is 0 Å². The summed E-state index contributed by atoms with van der Waals surface area (Å²) in [5.41, 5.74) is 2.77. The van der Waals surface area contributed by atoms with Crippen LogP contribution in [0.25, 0.3) is 11.3 Å². The van der Waals surface area contributed by atoms with E-state index in [1.54, 1.807) is 30.6 Å². The fourth-order valence-corrected chi connectivity index (χ4v) is 3.86.